The quantitative estimate of drug-likeness (QED) is 0.799. The summed E-state index contributed by atoms with van der Waals surface area (Å²) >= 11 is 0. The molecule has 0 aliphatic carbocycles. The summed E-state index contributed by atoms with van der Waals surface area (Å²) in [7, 11) is 1.69. The van der Waals surface area contributed by atoms with Crippen LogP contribution in [-0.4, -0.2) is 12.6 Å². The average Bonchev–Trinajstić information content (AvgIpc) is 2.01. The fourth-order valence-corrected chi connectivity index (χ4v) is 1.54. The van der Waals surface area contributed by atoms with Crippen molar-refractivity contribution in [2.75, 3.05) is 7.11 Å². The highest BCUT2D eigenvalue weighted by molar-refractivity contribution is 5.37. The third-order valence-corrected chi connectivity index (χ3v) is 2.08. The van der Waals surface area contributed by atoms with E-state index in [1.807, 2.05) is 26.0 Å². The summed E-state index contributed by atoms with van der Waals surface area (Å²) in [6, 6.07) is 6.18. The maximum atomic E-state index is 5.99. The first-order chi connectivity index (χ1) is 6.42. The molecule has 2 heteroatoms. The number of nitrogens with two attached hydrogens (primary N) is 1. The Balaban J connectivity index is 2.99. The molecule has 0 radical (unpaired) electrons. The van der Waals surface area contributed by atoms with Crippen LogP contribution in [0.3, 0.4) is 0 Å². The fourth-order valence-electron chi connectivity index (χ4n) is 1.54. The van der Waals surface area contributed by atoms with Crippen LogP contribution in [0.5, 0.6) is 5.75 Å². The Bertz CT molecular complexity index is 313. The number of hydrogen-bond acceptors (Lipinski definition) is 2. The summed E-state index contributed by atoms with van der Waals surface area (Å²) in [5, 5.41) is 0. The van der Waals surface area contributed by atoms with Crippen LogP contribution in [0.2, 0.25) is 0 Å². The lowest BCUT2D eigenvalue weighted by Gasteiger charge is -2.20. The van der Waals surface area contributed by atoms with E-state index >= 15 is 0 Å². The number of methoxy groups -OCH3 is 1. The van der Waals surface area contributed by atoms with Crippen molar-refractivity contribution < 1.29 is 4.74 Å². The normalized spacial score (nSPS) is 11.5. The zero-order valence-corrected chi connectivity index (χ0v) is 9.42. The summed E-state index contributed by atoms with van der Waals surface area (Å²) in [6.07, 6.45) is 0.831. The van der Waals surface area contributed by atoms with Crippen LogP contribution in [0.25, 0.3) is 0 Å². The Morgan fingerprint density at radius 2 is 2.00 bits per heavy atom. The molecule has 1 rings (SSSR count). The molecule has 0 fully saturated rings. The molecular formula is C12H19NO. The minimum absolute atomic E-state index is 0.193. The fraction of sp³-hybridized carbons (Fsp3) is 0.500. The maximum absolute atomic E-state index is 5.99. The van der Waals surface area contributed by atoms with Crippen LogP contribution >= 0.6 is 0 Å². The predicted molar refractivity (Wildman–Crippen MR) is 59.7 cm³/mol. The van der Waals surface area contributed by atoms with Gasteiger partial charge in [0.1, 0.15) is 5.75 Å². The second-order valence-corrected chi connectivity index (χ2v) is 4.48. The third kappa shape index (κ3) is 3.04. The largest absolute Gasteiger partial charge is 0.496 e. The van der Waals surface area contributed by atoms with Gasteiger partial charge in [-0.1, -0.05) is 17.7 Å². The number of hydrogen-bond donors (Lipinski definition) is 1. The molecule has 14 heavy (non-hydrogen) atoms. The van der Waals surface area contributed by atoms with E-state index in [-0.39, 0.29) is 5.54 Å². The first-order valence-corrected chi connectivity index (χ1v) is 4.85. The molecule has 0 bridgehead atoms. The molecular weight excluding hydrogens is 174 g/mol. The molecule has 78 valence electrons. The lowest BCUT2D eigenvalue weighted by atomic mass is 9.94. The summed E-state index contributed by atoms with van der Waals surface area (Å²) in [6.45, 7) is 6.12. The molecule has 2 nitrogen and oxygen atoms in total. The smallest absolute Gasteiger partial charge is 0.122 e. The van der Waals surface area contributed by atoms with Crippen molar-refractivity contribution in [3.05, 3.63) is 29.3 Å². The molecule has 2 N–H and O–H groups in total. The van der Waals surface area contributed by atoms with Crippen molar-refractivity contribution >= 4 is 0 Å². The van der Waals surface area contributed by atoms with E-state index in [0.717, 1.165) is 12.2 Å². The van der Waals surface area contributed by atoms with Crippen molar-refractivity contribution in [1.82, 2.24) is 0 Å². The summed E-state index contributed by atoms with van der Waals surface area (Å²) in [4.78, 5) is 0. The maximum Gasteiger partial charge on any atom is 0.122 e. The van der Waals surface area contributed by atoms with Crippen molar-refractivity contribution in [2.24, 2.45) is 5.73 Å². The standard InChI is InChI=1S/C12H19NO/c1-9-5-6-11(14-4)10(7-9)8-12(2,3)13/h5-7H,8,13H2,1-4H3. The van der Waals surface area contributed by atoms with Crippen LogP contribution < -0.4 is 10.5 Å². The lowest BCUT2D eigenvalue weighted by molar-refractivity contribution is 0.402. The van der Waals surface area contributed by atoms with Gasteiger partial charge in [0.05, 0.1) is 7.11 Å². The number of ether oxygens (including phenoxy) is 1. The van der Waals surface area contributed by atoms with E-state index in [2.05, 4.69) is 13.0 Å². The molecule has 0 aliphatic rings. The van der Waals surface area contributed by atoms with Gasteiger partial charge in [-0.15, -0.1) is 0 Å². The first kappa shape index (κ1) is 11.1. The van der Waals surface area contributed by atoms with E-state index in [4.69, 9.17) is 10.5 Å². The van der Waals surface area contributed by atoms with Gasteiger partial charge in [-0.3, -0.25) is 0 Å². The minimum atomic E-state index is -0.193. The highest BCUT2D eigenvalue weighted by Crippen LogP contribution is 2.23. The Morgan fingerprint density at radius 1 is 1.36 bits per heavy atom. The van der Waals surface area contributed by atoms with Crippen LogP contribution in [0.15, 0.2) is 18.2 Å². The van der Waals surface area contributed by atoms with E-state index in [1.165, 1.54) is 11.1 Å². The zero-order valence-electron chi connectivity index (χ0n) is 9.42. The molecule has 0 aromatic heterocycles. The second kappa shape index (κ2) is 4.01. The van der Waals surface area contributed by atoms with Gasteiger partial charge in [0.25, 0.3) is 0 Å². The zero-order chi connectivity index (χ0) is 10.8. The van der Waals surface area contributed by atoms with E-state index < -0.39 is 0 Å². The molecule has 0 atom stereocenters. The molecule has 0 spiro atoms. The minimum Gasteiger partial charge on any atom is -0.496 e. The number of aryl methyl sites for hydroxylation is 1. The Hall–Kier alpha value is -1.02. The van der Waals surface area contributed by atoms with Crippen LogP contribution in [0.1, 0.15) is 25.0 Å². The molecule has 0 heterocycles. The van der Waals surface area contributed by atoms with Gasteiger partial charge in [0, 0.05) is 5.54 Å². The summed E-state index contributed by atoms with van der Waals surface area (Å²) in [5.74, 6) is 0.925. The van der Waals surface area contributed by atoms with Crippen molar-refractivity contribution in [1.29, 1.82) is 0 Å². The topological polar surface area (TPSA) is 35.2 Å². The SMILES string of the molecule is COc1ccc(C)cc1CC(C)(C)N. The summed E-state index contributed by atoms with van der Waals surface area (Å²) < 4.78 is 5.29. The van der Waals surface area contributed by atoms with Gasteiger partial charge in [-0.2, -0.15) is 0 Å². The molecule has 0 saturated heterocycles. The van der Waals surface area contributed by atoms with Crippen LogP contribution in [0.4, 0.5) is 0 Å². The van der Waals surface area contributed by atoms with E-state index in [1.54, 1.807) is 7.11 Å². The van der Waals surface area contributed by atoms with Crippen LogP contribution in [0, 0.1) is 6.92 Å². The van der Waals surface area contributed by atoms with Gasteiger partial charge < -0.3 is 10.5 Å². The van der Waals surface area contributed by atoms with Gasteiger partial charge >= 0.3 is 0 Å². The monoisotopic (exact) mass is 193 g/mol. The highest BCUT2D eigenvalue weighted by atomic mass is 16.5. The van der Waals surface area contributed by atoms with Crippen molar-refractivity contribution in [3.8, 4) is 5.75 Å². The third-order valence-electron chi connectivity index (χ3n) is 2.08. The first-order valence-electron chi connectivity index (χ1n) is 4.85. The molecule has 0 amide bonds. The van der Waals surface area contributed by atoms with Crippen molar-refractivity contribution in [2.45, 2.75) is 32.7 Å². The average molecular weight is 193 g/mol. The highest BCUT2D eigenvalue weighted by Gasteiger charge is 2.14. The van der Waals surface area contributed by atoms with Gasteiger partial charge in [0.2, 0.25) is 0 Å². The predicted octanol–water partition coefficient (Wildman–Crippen LogP) is 2.28. The summed E-state index contributed by atoms with van der Waals surface area (Å²) in [5.41, 5.74) is 8.21. The Morgan fingerprint density at radius 3 is 2.50 bits per heavy atom. The second-order valence-electron chi connectivity index (χ2n) is 4.48. The van der Waals surface area contributed by atoms with E-state index in [0.29, 0.717) is 0 Å². The molecule has 0 unspecified atom stereocenters. The molecule has 0 aliphatic heterocycles. The van der Waals surface area contributed by atoms with Gasteiger partial charge in [-0.05, 0) is 38.8 Å². The Labute approximate surface area is 86.1 Å². The number of benzene rings is 1. The van der Waals surface area contributed by atoms with Gasteiger partial charge in [0.15, 0.2) is 0 Å². The molecule has 1 aromatic rings. The molecule has 0 saturated carbocycles. The number of rotatable bonds is 3. The van der Waals surface area contributed by atoms with Crippen molar-refractivity contribution in [3.63, 3.8) is 0 Å². The van der Waals surface area contributed by atoms with E-state index in [9.17, 15) is 0 Å². The lowest BCUT2D eigenvalue weighted by Crippen LogP contribution is -2.34. The Kier molecular flexibility index (Phi) is 3.17. The van der Waals surface area contributed by atoms with Crippen LogP contribution in [-0.2, 0) is 6.42 Å². The van der Waals surface area contributed by atoms with Gasteiger partial charge in [-0.25, -0.2) is 0 Å². The molecule has 1 aromatic carbocycles.